The van der Waals surface area contributed by atoms with E-state index in [4.69, 9.17) is 4.74 Å². The van der Waals surface area contributed by atoms with E-state index in [0.717, 1.165) is 16.0 Å². The highest BCUT2D eigenvalue weighted by Gasteiger charge is 2.33. The third kappa shape index (κ3) is 8.37. The van der Waals surface area contributed by atoms with Crippen molar-refractivity contribution < 1.29 is 17.9 Å². The Kier molecular flexibility index (Phi) is 10.2. The van der Waals surface area contributed by atoms with Gasteiger partial charge < -0.3 is 15.4 Å². The van der Waals surface area contributed by atoms with Gasteiger partial charge in [-0.1, -0.05) is 6.07 Å². The van der Waals surface area contributed by atoms with Gasteiger partial charge in [0.1, 0.15) is 5.75 Å². The second-order valence-corrected chi connectivity index (χ2v) is 7.77. The minimum Gasteiger partial charge on any atom is -0.491 e. The topological polar surface area (TPSA) is 58.5 Å². The summed E-state index contributed by atoms with van der Waals surface area (Å²) in [5.74, 6) is 0.635. The lowest BCUT2D eigenvalue weighted by atomic mass is 10.1. The van der Waals surface area contributed by atoms with Crippen molar-refractivity contribution >= 4 is 41.3 Å². The Balaban J connectivity index is 0.00000420. The predicted octanol–water partition coefficient (Wildman–Crippen LogP) is 4.78. The maximum Gasteiger partial charge on any atom is 0.416 e. The molecule has 1 heterocycles. The standard InChI is InChI=1S/C19H25F3N4OS.HI/c1-12(2)27-15-6-5-14(16(9-15)19(20,21)22)11-26-18(23-4)24-8-7-17-25-10-13(3)28-17;/h5-6,9-10,12H,7-8,11H2,1-4H3,(H2,23,24,26);1H. The number of nitrogens with zero attached hydrogens (tertiary/aromatic N) is 2. The van der Waals surface area contributed by atoms with Gasteiger partial charge in [-0.25, -0.2) is 4.98 Å². The summed E-state index contributed by atoms with van der Waals surface area (Å²) in [6.45, 7) is 6.11. The molecule has 0 fully saturated rings. The molecule has 1 aromatic heterocycles. The van der Waals surface area contributed by atoms with E-state index in [2.05, 4.69) is 20.6 Å². The summed E-state index contributed by atoms with van der Waals surface area (Å²) in [5.41, 5.74) is -0.589. The van der Waals surface area contributed by atoms with E-state index < -0.39 is 11.7 Å². The van der Waals surface area contributed by atoms with E-state index in [1.165, 1.54) is 6.07 Å². The lowest BCUT2D eigenvalue weighted by molar-refractivity contribution is -0.138. The van der Waals surface area contributed by atoms with Crippen LogP contribution in [0.1, 0.15) is 34.9 Å². The fourth-order valence-electron chi connectivity index (χ4n) is 2.52. The molecule has 0 unspecified atom stereocenters. The highest BCUT2D eigenvalue weighted by Crippen LogP contribution is 2.34. The SMILES string of the molecule is CN=C(NCCc1ncc(C)s1)NCc1ccc(OC(C)C)cc1C(F)(F)F.I. The molecule has 0 radical (unpaired) electrons. The minimum absolute atomic E-state index is 0. The number of alkyl halides is 3. The van der Waals surface area contributed by atoms with Gasteiger partial charge in [0.15, 0.2) is 5.96 Å². The van der Waals surface area contributed by atoms with Crippen LogP contribution in [-0.2, 0) is 19.1 Å². The van der Waals surface area contributed by atoms with Gasteiger partial charge in [-0.2, -0.15) is 13.2 Å². The molecule has 0 saturated heterocycles. The Bertz CT molecular complexity index is 809. The largest absolute Gasteiger partial charge is 0.491 e. The zero-order chi connectivity index (χ0) is 20.7. The Morgan fingerprint density at radius 2 is 2.00 bits per heavy atom. The number of nitrogens with one attached hydrogen (secondary N) is 2. The van der Waals surface area contributed by atoms with Crippen LogP contribution >= 0.6 is 35.3 Å². The Hall–Kier alpha value is -1.56. The van der Waals surface area contributed by atoms with E-state index in [1.807, 2.05) is 13.1 Å². The second-order valence-electron chi connectivity index (χ2n) is 6.45. The van der Waals surface area contributed by atoms with E-state index in [1.54, 1.807) is 38.3 Å². The summed E-state index contributed by atoms with van der Waals surface area (Å²) in [6, 6.07) is 4.02. The van der Waals surface area contributed by atoms with Gasteiger partial charge in [0.25, 0.3) is 0 Å². The number of benzene rings is 1. The lowest BCUT2D eigenvalue weighted by Crippen LogP contribution is -2.38. The average molecular weight is 542 g/mol. The quantitative estimate of drug-likeness (QED) is 0.301. The molecular weight excluding hydrogens is 516 g/mol. The molecule has 5 nitrogen and oxygen atoms in total. The van der Waals surface area contributed by atoms with E-state index in [0.29, 0.717) is 18.9 Å². The minimum atomic E-state index is -4.47. The van der Waals surface area contributed by atoms with Gasteiger partial charge in [-0.15, -0.1) is 35.3 Å². The molecule has 2 rings (SSSR count). The van der Waals surface area contributed by atoms with Crippen LogP contribution in [0.5, 0.6) is 5.75 Å². The number of aryl methyl sites for hydroxylation is 1. The van der Waals surface area contributed by atoms with Gasteiger partial charge >= 0.3 is 6.18 Å². The summed E-state index contributed by atoms with van der Waals surface area (Å²) in [5, 5.41) is 7.02. The van der Waals surface area contributed by atoms with Gasteiger partial charge in [0.05, 0.1) is 16.7 Å². The van der Waals surface area contributed by atoms with Crippen LogP contribution in [0.2, 0.25) is 0 Å². The van der Waals surface area contributed by atoms with Crippen molar-refractivity contribution in [1.82, 2.24) is 15.6 Å². The third-order valence-electron chi connectivity index (χ3n) is 3.73. The monoisotopic (exact) mass is 542 g/mol. The van der Waals surface area contributed by atoms with Crippen molar-refractivity contribution in [1.29, 1.82) is 0 Å². The Morgan fingerprint density at radius 3 is 2.55 bits per heavy atom. The van der Waals surface area contributed by atoms with Crippen molar-refractivity contribution in [3.8, 4) is 5.75 Å². The van der Waals surface area contributed by atoms with Crippen LogP contribution in [0.3, 0.4) is 0 Å². The van der Waals surface area contributed by atoms with Crippen LogP contribution in [0.4, 0.5) is 13.2 Å². The maximum absolute atomic E-state index is 13.4. The molecule has 162 valence electrons. The number of hydrogen-bond acceptors (Lipinski definition) is 4. The third-order valence-corrected chi connectivity index (χ3v) is 4.70. The van der Waals surface area contributed by atoms with Gasteiger partial charge in [-0.3, -0.25) is 4.99 Å². The van der Waals surface area contributed by atoms with Crippen molar-refractivity contribution in [2.45, 2.75) is 46.0 Å². The fraction of sp³-hybridized carbons (Fsp3) is 0.474. The molecule has 29 heavy (non-hydrogen) atoms. The van der Waals surface area contributed by atoms with E-state index in [-0.39, 0.29) is 47.9 Å². The van der Waals surface area contributed by atoms with Gasteiger partial charge in [-0.05, 0) is 38.5 Å². The molecule has 0 saturated carbocycles. The van der Waals surface area contributed by atoms with Crippen LogP contribution in [0.25, 0.3) is 0 Å². The van der Waals surface area contributed by atoms with Crippen LogP contribution in [0, 0.1) is 6.92 Å². The normalized spacial score (nSPS) is 11.9. The van der Waals surface area contributed by atoms with Gasteiger partial charge in [0.2, 0.25) is 0 Å². The number of halogens is 4. The number of hydrogen-bond donors (Lipinski definition) is 2. The number of ether oxygens (including phenoxy) is 1. The zero-order valence-corrected chi connectivity index (χ0v) is 19.9. The highest BCUT2D eigenvalue weighted by atomic mass is 127. The molecule has 0 amide bonds. The van der Waals surface area contributed by atoms with Crippen molar-refractivity contribution in [2.24, 2.45) is 4.99 Å². The molecule has 0 aliphatic carbocycles. The second kappa shape index (κ2) is 11.6. The lowest BCUT2D eigenvalue weighted by Gasteiger charge is -2.18. The molecule has 0 aliphatic heterocycles. The van der Waals surface area contributed by atoms with E-state index in [9.17, 15) is 13.2 Å². The summed E-state index contributed by atoms with van der Waals surface area (Å²) in [7, 11) is 1.58. The van der Waals surface area contributed by atoms with Crippen molar-refractivity contribution in [2.75, 3.05) is 13.6 Å². The molecule has 0 spiro atoms. The number of guanidine groups is 1. The average Bonchev–Trinajstić information content (AvgIpc) is 3.02. The Labute approximate surface area is 190 Å². The summed E-state index contributed by atoms with van der Waals surface area (Å²) >= 11 is 1.62. The number of rotatable bonds is 7. The molecule has 0 aliphatic rings. The molecular formula is C19H26F3IN4OS. The van der Waals surface area contributed by atoms with Crippen LogP contribution in [-0.4, -0.2) is 30.6 Å². The zero-order valence-electron chi connectivity index (χ0n) is 16.8. The Morgan fingerprint density at radius 1 is 1.28 bits per heavy atom. The molecule has 2 aromatic rings. The van der Waals surface area contributed by atoms with Crippen molar-refractivity contribution in [3.63, 3.8) is 0 Å². The first kappa shape index (κ1) is 25.5. The summed E-state index contributed by atoms with van der Waals surface area (Å²) in [4.78, 5) is 9.48. The highest BCUT2D eigenvalue weighted by molar-refractivity contribution is 14.0. The van der Waals surface area contributed by atoms with Crippen molar-refractivity contribution in [3.05, 3.63) is 45.4 Å². The predicted molar refractivity (Wildman–Crippen MR) is 121 cm³/mol. The first-order chi connectivity index (χ1) is 13.2. The first-order valence-electron chi connectivity index (χ1n) is 8.91. The number of aromatic nitrogens is 1. The smallest absolute Gasteiger partial charge is 0.416 e. The molecule has 10 heteroatoms. The molecule has 0 bridgehead atoms. The maximum atomic E-state index is 13.4. The first-order valence-corrected chi connectivity index (χ1v) is 9.73. The number of thiazole rings is 1. The molecule has 1 aromatic carbocycles. The fourth-order valence-corrected chi connectivity index (χ4v) is 3.31. The van der Waals surface area contributed by atoms with Gasteiger partial charge in [0, 0.05) is 37.6 Å². The van der Waals surface area contributed by atoms with E-state index >= 15 is 0 Å². The van der Waals surface area contributed by atoms with Crippen LogP contribution in [0.15, 0.2) is 29.4 Å². The summed E-state index contributed by atoms with van der Waals surface area (Å²) in [6.07, 6.45) is -2.13. The number of aliphatic imine (C=N–C) groups is 1. The summed E-state index contributed by atoms with van der Waals surface area (Å²) < 4.78 is 45.7. The van der Waals surface area contributed by atoms with Crippen LogP contribution < -0.4 is 15.4 Å². The molecule has 2 N–H and O–H groups in total. The molecule has 0 atom stereocenters.